The lowest BCUT2D eigenvalue weighted by Gasteiger charge is -2.16. The number of nitrogens with zero attached hydrogens (tertiary/aromatic N) is 2. The highest BCUT2D eigenvalue weighted by atomic mass is 32.1. The van der Waals surface area contributed by atoms with Gasteiger partial charge in [-0.3, -0.25) is 0 Å². The zero-order valence-corrected chi connectivity index (χ0v) is 10.1. The second-order valence-corrected chi connectivity index (χ2v) is 4.34. The van der Waals surface area contributed by atoms with E-state index in [2.05, 4.69) is 20.2 Å². The molecule has 0 bridgehead atoms. The number of aromatic nitrogens is 2. The zero-order valence-electron chi connectivity index (χ0n) is 8.44. The lowest BCUT2D eigenvalue weighted by atomic mass is 10.3. The van der Waals surface area contributed by atoms with Crippen LogP contribution in [0.2, 0.25) is 0 Å². The molecule has 2 N–H and O–H groups in total. The van der Waals surface area contributed by atoms with Gasteiger partial charge in [0.05, 0.1) is 11.7 Å². The molecule has 1 rings (SSSR count). The van der Waals surface area contributed by atoms with Crippen molar-refractivity contribution in [2.45, 2.75) is 32.9 Å². The van der Waals surface area contributed by atoms with Crippen LogP contribution < -0.4 is 10.6 Å². The highest BCUT2D eigenvalue weighted by Crippen LogP contribution is 2.09. The third kappa shape index (κ3) is 3.55. The van der Waals surface area contributed by atoms with Gasteiger partial charge in [-0.2, -0.15) is 0 Å². The first kappa shape index (κ1) is 11.3. The van der Waals surface area contributed by atoms with Gasteiger partial charge in [-0.05, 0) is 44.5 Å². The maximum absolute atomic E-state index is 5.11. The molecule has 1 heterocycles. The fraction of sp³-hybridized carbons (Fsp3) is 0.625. The lowest BCUT2D eigenvalue weighted by molar-refractivity contribution is 0.649. The summed E-state index contributed by atoms with van der Waals surface area (Å²) in [5.41, 5.74) is 0.919. The van der Waals surface area contributed by atoms with E-state index < -0.39 is 0 Å². The molecule has 0 aliphatic rings. The normalized spacial score (nSPS) is 12.6. The summed E-state index contributed by atoms with van der Waals surface area (Å²) in [5, 5.41) is 12.8. The summed E-state index contributed by atoms with van der Waals surface area (Å²) in [6, 6.07) is 0.447. The van der Waals surface area contributed by atoms with E-state index in [4.69, 9.17) is 12.2 Å². The largest absolute Gasteiger partial charge is 0.361 e. The first-order valence-electron chi connectivity index (χ1n) is 4.43. The number of thiocarbonyl (C=S) groups is 1. The molecule has 0 saturated heterocycles. The third-order valence-electron chi connectivity index (χ3n) is 1.59. The molecular weight excluding hydrogens is 216 g/mol. The van der Waals surface area contributed by atoms with Crippen molar-refractivity contribution in [3.8, 4) is 0 Å². The molecule has 0 amide bonds. The van der Waals surface area contributed by atoms with Gasteiger partial charge in [0.2, 0.25) is 0 Å². The van der Waals surface area contributed by atoms with Crippen LogP contribution >= 0.6 is 23.8 Å². The molecule has 4 nitrogen and oxygen atoms in total. The monoisotopic (exact) mass is 230 g/mol. The van der Waals surface area contributed by atoms with Gasteiger partial charge in [-0.1, -0.05) is 4.49 Å². The molecule has 1 unspecified atom stereocenters. The maximum atomic E-state index is 5.11. The summed E-state index contributed by atoms with van der Waals surface area (Å²) in [6.07, 6.45) is 0. The van der Waals surface area contributed by atoms with Gasteiger partial charge in [0.25, 0.3) is 0 Å². The van der Waals surface area contributed by atoms with Crippen LogP contribution in [0.15, 0.2) is 5.38 Å². The maximum Gasteiger partial charge on any atom is 0.167 e. The first-order chi connectivity index (χ1) is 6.59. The van der Waals surface area contributed by atoms with Crippen molar-refractivity contribution in [3.05, 3.63) is 11.1 Å². The van der Waals surface area contributed by atoms with E-state index in [-0.39, 0.29) is 6.04 Å². The zero-order chi connectivity index (χ0) is 10.6. The summed E-state index contributed by atoms with van der Waals surface area (Å²) in [5.74, 6) is 0. The summed E-state index contributed by atoms with van der Waals surface area (Å²) < 4.78 is 3.80. The second-order valence-electron chi connectivity index (χ2n) is 3.32. The standard InChI is InChI=1S/C8H14N4S2/c1-5(2)9-8(13)10-6(3)7-4-14-12-11-7/h4-6H,1-3H3,(H2,9,10,13). The van der Waals surface area contributed by atoms with Crippen LogP contribution in [0, 0.1) is 0 Å². The average Bonchev–Trinajstić information content (AvgIpc) is 2.53. The van der Waals surface area contributed by atoms with Crippen molar-refractivity contribution >= 4 is 28.9 Å². The Kier molecular flexibility index (Phi) is 4.21. The van der Waals surface area contributed by atoms with Gasteiger partial charge in [0, 0.05) is 11.4 Å². The smallest absolute Gasteiger partial charge is 0.167 e. The van der Waals surface area contributed by atoms with Crippen molar-refractivity contribution in [2.24, 2.45) is 0 Å². The van der Waals surface area contributed by atoms with E-state index in [1.807, 2.05) is 26.2 Å². The molecule has 1 atom stereocenters. The molecule has 1 aromatic rings. The van der Waals surface area contributed by atoms with Crippen LogP contribution in [-0.2, 0) is 0 Å². The summed E-state index contributed by atoms with van der Waals surface area (Å²) in [4.78, 5) is 0. The summed E-state index contributed by atoms with van der Waals surface area (Å²) in [7, 11) is 0. The third-order valence-corrected chi connectivity index (χ3v) is 2.35. The van der Waals surface area contributed by atoms with E-state index >= 15 is 0 Å². The van der Waals surface area contributed by atoms with Crippen molar-refractivity contribution < 1.29 is 0 Å². The Hall–Kier alpha value is -0.750. The van der Waals surface area contributed by atoms with Gasteiger partial charge >= 0.3 is 0 Å². The molecular formula is C8H14N4S2. The predicted octanol–water partition coefficient (Wildman–Crippen LogP) is 1.47. The Balaban J connectivity index is 2.41. The molecule has 0 fully saturated rings. The summed E-state index contributed by atoms with van der Waals surface area (Å²) >= 11 is 6.46. The van der Waals surface area contributed by atoms with E-state index in [0.29, 0.717) is 11.2 Å². The Morgan fingerprint density at radius 2 is 2.14 bits per heavy atom. The highest BCUT2D eigenvalue weighted by Gasteiger charge is 2.09. The first-order valence-corrected chi connectivity index (χ1v) is 5.68. The molecule has 78 valence electrons. The molecule has 0 aliphatic heterocycles. The molecule has 0 aliphatic carbocycles. The van der Waals surface area contributed by atoms with Gasteiger partial charge in [-0.15, -0.1) is 5.10 Å². The van der Waals surface area contributed by atoms with Crippen molar-refractivity contribution in [1.82, 2.24) is 20.2 Å². The Labute approximate surface area is 93.3 Å². The van der Waals surface area contributed by atoms with E-state index in [9.17, 15) is 0 Å². The van der Waals surface area contributed by atoms with Crippen LogP contribution in [0.4, 0.5) is 0 Å². The average molecular weight is 230 g/mol. The van der Waals surface area contributed by atoms with Crippen LogP contribution in [0.5, 0.6) is 0 Å². The van der Waals surface area contributed by atoms with Crippen LogP contribution in [0.1, 0.15) is 32.5 Å². The van der Waals surface area contributed by atoms with E-state index in [1.165, 1.54) is 11.5 Å². The minimum absolute atomic E-state index is 0.104. The molecule has 0 radical (unpaired) electrons. The highest BCUT2D eigenvalue weighted by molar-refractivity contribution is 7.80. The fourth-order valence-electron chi connectivity index (χ4n) is 0.935. The summed E-state index contributed by atoms with van der Waals surface area (Å²) in [6.45, 7) is 6.09. The molecule has 6 heteroatoms. The molecule has 0 aromatic carbocycles. The van der Waals surface area contributed by atoms with Gasteiger partial charge in [0.1, 0.15) is 0 Å². The molecule has 1 aromatic heterocycles. The number of hydrogen-bond acceptors (Lipinski definition) is 4. The van der Waals surface area contributed by atoms with Crippen molar-refractivity contribution in [1.29, 1.82) is 0 Å². The number of nitrogens with one attached hydrogen (secondary N) is 2. The predicted molar refractivity (Wildman–Crippen MR) is 62.3 cm³/mol. The van der Waals surface area contributed by atoms with Crippen molar-refractivity contribution in [3.63, 3.8) is 0 Å². The van der Waals surface area contributed by atoms with E-state index in [0.717, 1.165) is 5.69 Å². The molecule has 0 saturated carbocycles. The number of rotatable bonds is 3. The van der Waals surface area contributed by atoms with Crippen LogP contribution in [-0.4, -0.2) is 20.7 Å². The fourth-order valence-corrected chi connectivity index (χ4v) is 1.90. The lowest BCUT2D eigenvalue weighted by Crippen LogP contribution is -2.40. The van der Waals surface area contributed by atoms with Gasteiger partial charge < -0.3 is 10.6 Å². The van der Waals surface area contributed by atoms with Gasteiger partial charge in [0.15, 0.2) is 5.11 Å². The minimum atomic E-state index is 0.104. The van der Waals surface area contributed by atoms with Crippen LogP contribution in [0.25, 0.3) is 0 Å². The topological polar surface area (TPSA) is 49.8 Å². The van der Waals surface area contributed by atoms with Gasteiger partial charge in [-0.25, -0.2) is 0 Å². The van der Waals surface area contributed by atoms with Crippen LogP contribution in [0.3, 0.4) is 0 Å². The Morgan fingerprint density at radius 3 is 2.64 bits per heavy atom. The number of hydrogen-bond donors (Lipinski definition) is 2. The minimum Gasteiger partial charge on any atom is -0.361 e. The second kappa shape index (κ2) is 5.21. The van der Waals surface area contributed by atoms with Crippen molar-refractivity contribution in [2.75, 3.05) is 0 Å². The SMILES string of the molecule is CC(C)NC(=S)NC(C)c1csnn1. The molecule has 0 spiro atoms. The quantitative estimate of drug-likeness (QED) is 0.770. The molecule has 14 heavy (non-hydrogen) atoms. The van der Waals surface area contributed by atoms with E-state index in [1.54, 1.807) is 0 Å². The Bertz CT molecular complexity index is 284. The Morgan fingerprint density at radius 1 is 1.43 bits per heavy atom.